The highest BCUT2D eigenvalue weighted by molar-refractivity contribution is 6.07. The number of carbonyl (C=O) groups is 2. The van der Waals surface area contributed by atoms with Crippen molar-refractivity contribution < 1.29 is 24.0 Å². The lowest BCUT2D eigenvalue weighted by molar-refractivity contribution is -0.143. The predicted octanol–water partition coefficient (Wildman–Crippen LogP) is 3.57. The predicted molar refractivity (Wildman–Crippen MR) is 108 cm³/mol. The topological polar surface area (TPSA) is 115 Å². The maximum Gasteiger partial charge on any atom is 0.333 e. The van der Waals surface area contributed by atoms with E-state index in [2.05, 4.69) is 15.5 Å². The van der Waals surface area contributed by atoms with Gasteiger partial charge in [0.05, 0.1) is 23.8 Å². The number of ether oxygens (including phenoxy) is 1. The van der Waals surface area contributed by atoms with E-state index in [1.807, 2.05) is 13.8 Å². The van der Waals surface area contributed by atoms with E-state index in [9.17, 15) is 14.7 Å². The minimum atomic E-state index is -1.08. The van der Waals surface area contributed by atoms with Crippen molar-refractivity contribution in [2.45, 2.75) is 44.6 Å². The zero-order valence-electron chi connectivity index (χ0n) is 17.0. The van der Waals surface area contributed by atoms with Gasteiger partial charge in [-0.25, -0.2) is 9.78 Å². The monoisotopic (exact) mass is 409 g/mol. The first-order valence-corrected chi connectivity index (χ1v) is 9.87. The number of hydrogen-bond donors (Lipinski definition) is 2. The summed E-state index contributed by atoms with van der Waals surface area (Å²) in [7, 11) is 1.25. The Morgan fingerprint density at radius 1 is 1.27 bits per heavy atom. The largest absolute Gasteiger partial charge is 0.508 e. The lowest BCUT2D eigenvalue weighted by atomic mass is 10.0. The van der Waals surface area contributed by atoms with Crippen molar-refractivity contribution >= 4 is 23.0 Å². The average Bonchev–Trinajstić information content (AvgIpc) is 3.49. The van der Waals surface area contributed by atoms with Gasteiger partial charge in [0.15, 0.2) is 6.04 Å². The zero-order valence-corrected chi connectivity index (χ0v) is 17.0. The zero-order chi connectivity index (χ0) is 21.4. The summed E-state index contributed by atoms with van der Waals surface area (Å²) in [6.45, 7) is 3.91. The van der Waals surface area contributed by atoms with Crippen molar-refractivity contribution in [1.82, 2.24) is 15.5 Å². The summed E-state index contributed by atoms with van der Waals surface area (Å²) < 4.78 is 10.3. The van der Waals surface area contributed by atoms with Gasteiger partial charge in [0, 0.05) is 11.6 Å². The number of nitrogens with one attached hydrogen (secondary N) is 1. The normalized spacial score (nSPS) is 14.7. The molecule has 1 fully saturated rings. The molecule has 1 aliphatic carbocycles. The van der Waals surface area contributed by atoms with Crippen LogP contribution in [0.25, 0.3) is 11.1 Å². The molecule has 0 saturated heterocycles. The number of aromatic hydroxyl groups is 1. The quantitative estimate of drug-likeness (QED) is 0.598. The molecule has 0 radical (unpaired) electrons. The smallest absolute Gasteiger partial charge is 0.333 e. The highest BCUT2D eigenvalue weighted by atomic mass is 16.5. The number of pyridine rings is 1. The third-order valence-electron chi connectivity index (χ3n) is 5.20. The van der Waals surface area contributed by atoms with Crippen molar-refractivity contribution in [1.29, 1.82) is 0 Å². The number of methoxy groups -OCH3 is 1. The summed E-state index contributed by atoms with van der Waals surface area (Å²) in [6, 6.07) is 6.82. The van der Waals surface area contributed by atoms with Crippen molar-refractivity contribution in [3.8, 4) is 5.75 Å². The fraction of sp³-hybridized carbons (Fsp3) is 0.364. The van der Waals surface area contributed by atoms with Crippen molar-refractivity contribution in [2.75, 3.05) is 7.11 Å². The molecule has 1 atom stereocenters. The number of benzene rings is 1. The van der Waals surface area contributed by atoms with Gasteiger partial charge in [-0.3, -0.25) is 4.79 Å². The fourth-order valence-electron chi connectivity index (χ4n) is 3.46. The molecule has 1 aliphatic rings. The molecule has 3 aromatic rings. The molecule has 0 spiro atoms. The van der Waals surface area contributed by atoms with Gasteiger partial charge in [-0.05, 0) is 42.5 Å². The van der Waals surface area contributed by atoms with E-state index in [1.165, 1.54) is 19.2 Å². The van der Waals surface area contributed by atoms with Crippen LogP contribution in [0.1, 0.15) is 71.9 Å². The number of carbonyl (C=O) groups excluding carboxylic acids is 2. The number of hydrogen-bond acceptors (Lipinski definition) is 7. The van der Waals surface area contributed by atoms with Gasteiger partial charge < -0.3 is 19.7 Å². The molecular weight excluding hydrogens is 386 g/mol. The van der Waals surface area contributed by atoms with Gasteiger partial charge in [0.2, 0.25) is 0 Å². The van der Waals surface area contributed by atoms with Crippen LogP contribution in [0.2, 0.25) is 0 Å². The van der Waals surface area contributed by atoms with E-state index in [1.54, 1.807) is 18.2 Å². The first kappa shape index (κ1) is 19.9. The highest BCUT2D eigenvalue weighted by Gasteiger charge is 2.31. The molecule has 0 aliphatic heterocycles. The summed E-state index contributed by atoms with van der Waals surface area (Å²) >= 11 is 0. The number of phenolic OH excluding ortho intramolecular Hbond substituents is 1. The molecule has 1 saturated carbocycles. The SMILES string of the molecule is COC(=O)[C@H](NC(=O)c1cc(C2CC2)nc2onc(C(C)C)c12)c1cccc(O)c1. The van der Waals surface area contributed by atoms with Gasteiger partial charge in [-0.1, -0.05) is 31.1 Å². The van der Waals surface area contributed by atoms with E-state index in [0.29, 0.717) is 33.8 Å². The van der Waals surface area contributed by atoms with E-state index >= 15 is 0 Å². The molecule has 1 amide bonds. The molecule has 0 unspecified atom stereocenters. The van der Waals surface area contributed by atoms with Crippen LogP contribution in [0.5, 0.6) is 5.75 Å². The number of rotatable bonds is 6. The van der Waals surface area contributed by atoms with E-state index in [-0.39, 0.29) is 11.7 Å². The summed E-state index contributed by atoms with van der Waals surface area (Å²) in [5, 5.41) is 17.2. The first-order chi connectivity index (χ1) is 14.4. The second kappa shape index (κ2) is 7.78. The Hall–Kier alpha value is -3.42. The molecular formula is C22H23N3O5. The van der Waals surface area contributed by atoms with E-state index in [4.69, 9.17) is 9.26 Å². The van der Waals surface area contributed by atoms with Crippen molar-refractivity contribution in [2.24, 2.45) is 0 Å². The van der Waals surface area contributed by atoms with Gasteiger partial charge in [-0.2, -0.15) is 0 Å². The summed E-state index contributed by atoms with van der Waals surface area (Å²) in [5.41, 5.74) is 2.52. The third-order valence-corrected chi connectivity index (χ3v) is 5.20. The number of phenols is 1. The molecule has 2 aromatic heterocycles. The molecule has 2 heterocycles. The van der Waals surface area contributed by atoms with Gasteiger partial charge >= 0.3 is 5.97 Å². The molecule has 0 bridgehead atoms. The molecule has 4 rings (SSSR count). The van der Waals surface area contributed by atoms with Crippen LogP contribution in [-0.4, -0.2) is 34.2 Å². The van der Waals surface area contributed by atoms with Gasteiger partial charge in [0.1, 0.15) is 5.75 Å². The van der Waals surface area contributed by atoms with Crippen molar-refractivity contribution in [3.05, 3.63) is 52.8 Å². The minimum Gasteiger partial charge on any atom is -0.508 e. The molecule has 8 heteroatoms. The number of fused-ring (bicyclic) bond motifs is 1. The number of amides is 1. The Labute approximate surface area is 173 Å². The van der Waals surface area contributed by atoms with Crippen molar-refractivity contribution in [3.63, 3.8) is 0 Å². The molecule has 30 heavy (non-hydrogen) atoms. The maximum atomic E-state index is 13.3. The van der Waals surface area contributed by atoms with Crippen LogP contribution >= 0.6 is 0 Å². The number of esters is 1. The fourth-order valence-corrected chi connectivity index (χ4v) is 3.46. The number of nitrogens with zero attached hydrogens (tertiary/aromatic N) is 2. The Bertz CT molecular complexity index is 1120. The summed E-state index contributed by atoms with van der Waals surface area (Å²) in [5.74, 6) is -0.798. The molecule has 2 N–H and O–H groups in total. The second-order valence-electron chi connectivity index (χ2n) is 7.80. The molecule has 156 valence electrons. The Balaban J connectivity index is 1.77. The number of aromatic nitrogens is 2. The average molecular weight is 409 g/mol. The summed E-state index contributed by atoms with van der Waals surface area (Å²) in [4.78, 5) is 30.3. The Morgan fingerprint density at radius 2 is 2.03 bits per heavy atom. The minimum absolute atomic E-state index is 0.0147. The summed E-state index contributed by atoms with van der Waals surface area (Å²) in [6.07, 6.45) is 2.03. The van der Waals surface area contributed by atoms with Crippen LogP contribution < -0.4 is 5.32 Å². The van der Waals surface area contributed by atoms with Crippen LogP contribution in [-0.2, 0) is 9.53 Å². The van der Waals surface area contributed by atoms with Crippen LogP contribution in [0.4, 0.5) is 0 Å². The Morgan fingerprint density at radius 3 is 2.67 bits per heavy atom. The second-order valence-corrected chi connectivity index (χ2v) is 7.80. The van der Waals surface area contributed by atoms with E-state index in [0.717, 1.165) is 18.5 Å². The third kappa shape index (κ3) is 3.72. The van der Waals surface area contributed by atoms with Gasteiger partial charge in [0.25, 0.3) is 11.6 Å². The van der Waals surface area contributed by atoms with Gasteiger partial charge in [-0.15, -0.1) is 0 Å². The van der Waals surface area contributed by atoms with E-state index < -0.39 is 17.9 Å². The highest BCUT2D eigenvalue weighted by Crippen LogP contribution is 2.41. The lowest BCUT2D eigenvalue weighted by Gasteiger charge is -2.18. The molecule has 8 nitrogen and oxygen atoms in total. The lowest BCUT2D eigenvalue weighted by Crippen LogP contribution is -2.34. The van der Waals surface area contributed by atoms with Crippen LogP contribution in [0.15, 0.2) is 34.9 Å². The van der Waals surface area contributed by atoms with Crippen LogP contribution in [0, 0.1) is 0 Å². The first-order valence-electron chi connectivity index (χ1n) is 9.87. The molecule has 1 aromatic carbocycles. The maximum absolute atomic E-state index is 13.3. The van der Waals surface area contributed by atoms with Crippen LogP contribution in [0.3, 0.4) is 0 Å². The standard InChI is InChI=1S/C22H23N3O5/c1-11(2)18-17-15(10-16(12-7-8-12)23-21(17)30-25-18)20(27)24-19(22(28)29-3)13-5-4-6-14(26)9-13/h4-6,9-12,19,26H,7-8H2,1-3H3,(H,24,27)/t19-/m1/s1. The Kier molecular flexibility index (Phi) is 5.15.